The Balaban J connectivity index is 1.58. The van der Waals surface area contributed by atoms with E-state index in [1.807, 2.05) is 18.2 Å². The van der Waals surface area contributed by atoms with Gasteiger partial charge in [0.2, 0.25) is 0 Å². The number of tetrazole rings is 1. The van der Waals surface area contributed by atoms with E-state index in [0.29, 0.717) is 23.6 Å². The Morgan fingerprint density at radius 1 is 1.18 bits per heavy atom. The Bertz CT molecular complexity index is 1060. The molecule has 34 heavy (non-hydrogen) atoms. The van der Waals surface area contributed by atoms with Gasteiger partial charge in [-0.1, -0.05) is 43.7 Å². The summed E-state index contributed by atoms with van der Waals surface area (Å²) in [7, 11) is 0. The van der Waals surface area contributed by atoms with Crippen molar-refractivity contribution in [2.24, 2.45) is 0 Å². The highest BCUT2D eigenvalue weighted by atomic mass is 19.4. The number of halogens is 3. The third kappa shape index (κ3) is 5.74. The van der Waals surface area contributed by atoms with Crippen LogP contribution in [0.3, 0.4) is 0 Å². The zero-order chi connectivity index (χ0) is 24.0. The van der Waals surface area contributed by atoms with Crippen LogP contribution in [0.25, 0.3) is 5.69 Å². The fourth-order valence-corrected chi connectivity index (χ4v) is 4.20. The van der Waals surface area contributed by atoms with Gasteiger partial charge in [-0.3, -0.25) is 0 Å². The van der Waals surface area contributed by atoms with Crippen LogP contribution < -0.4 is 15.4 Å². The average molecular weight is 475 g/mol. The number of aromatic nitrogens is 4. The van der Waals surface area contributed by atoms with Crippen molar-refractivity contribution >= 4 is 0 Å². The standard InChI is InChI=1S/C24H29F3N6O/c1-2-3-14-34-21-12-11-19(33-23(24(25,26)27)30-31-32-33)15-18(21)16-29-20-10-7-13-28-22(20)17-8-5-4-6-9-17/h4-6,8-9,11-12,15,20,22,28-29H,2-3,7,10,13-14,16H2,1H3/t20-,22-/m0/s1. The number of piperidine rings is 1. The molecule has 2 heterocycles. The summed E-state index contributed by atoms with van der Waals surface area (Å²) in [5, 5.41) is 17.2. The maximum Gasteiger partial charge on any atom is 0.453 e. The molecule has 0 bridgehead atoms. The first-order valence-electron chi connectivity index (χ1n) is 11.6. The minimum absolute atomic E-state index is 0.152. The van der Waals surface area contributed by atoms with E-state index in [2.05, 4.69) is 45.2 Å². The van der Waals surface area contributed by atoms with Crippen LogP contribution in [0.5, 0.6) is 5.75 Å². The Kier molecular flexibility index (Phi) is 7.79. The molecule has 0 spiro atoms. The van der Waals surface area contributed by atoms with Gasteiger partial charge in [-0.2, -0.15) is 17.9 Å². The molecule has 0 aliphatic carbocycles. The van der Waals surface area contributed by atoms with Crippen molar-refractivity contribution in [1.82, 2.24) is 30.8 Å². The molecule has 2 aromatic carbocycles. The zero-order valence-corrected chi connectivity index (χ0v) is 19.1. The molecule has 0 saturated carbocycles. The fraction of sp³-hybridized carbons (Fsp3) is 0.458. The van der Waals surface area contributed by atoms with E-state index in [9.17, 15) is 13.2 Å². The summed E-state index contributed by atoms with van der Waals surface area (Å²) in [6, 6.07) is 15.5. The Morgan fingerprint density at radius 2 is 2.00 bits per heavy atom. The Morgan fingerprint density at radius 3 is 2.76 bits per heavy atom. The van der Waals surface area contributed by atoms with Crippen LogP contribution in [0.15, 0.2) is 48.5 Å². The molecule has 7 nitrogen and oxygen atoms in total. The molecule has 4 rings (SSSR count). The lowest BCUT2D eigenvalue weighted by Gasteiger charge is -2.34. The quantitative estimate of drug-likeness (QED) is 0.447. The van der Waals surface area contributed by atoms with E-state index < -0.39 is 12.0 Å². The number of ether oxygens (including phenoxy) is 1. The van der Waals surface area contributed by atoms with Crippen LogP contribution >= 0.6 is 0 Å². The van der Waals surface area contributed by atoms with Crippen molar-refractivity contribution in [3.05, 3.63) is 65.5 Å². The van der Waals surface area contributed by atoms with E-state index in [1.165, 1.54) is 5.56 Å². The molecule has 0 amide bonds. The molecule has 1 aromatic heterocycles. The molecule has 1 aliphatic rings. The number of hydrogen-bond donors (Lipinski definition) is 2. The summed E-state index contributed by atoms with van der Waals surface area (Å²) in [5.41, 5.74) is 2.20. The molecule has 1 aliphatic heterocycles. The van der Waals surface area contributed by atoms with Gasteiger partial charge in [-0.05, 0) is 60.0 Å². The van der Waals surface area contributed by atoms with Gasteiger partial charge < -0.3 is 15.4 Å². The minimum atomic E-state index is -4.66. The lowest BCUT2D eigenvalue weighted by Crippen LogP contribution is -2.45. The van der Waals surface area contributed by atoms with Gasteiger partial charge in [0, 0.05) is 24.2 Å². The lowest BCUT2D eigenvalue weighted by molar-refractivity contribution is -0.146. The highest BCUT2D eigenvalue weighted by Crippen LogP contribution is 2.30. The molecule has 2 N–H and O–H groups in total. The number of rotatable bonds is 9. The largest absolute Gasteiger partial charge is 0.493 e. The topological polar surface area (TPSA) is 76.9 Å². The third-order valence-electron chi connectivity index (χ3n) is 5.94. The summed E-state index contributed by atoms with van der Waals surface area (Å²) in [6.07, 6.45) is -0.751. The summed E-state index contributed by atoms with van der Waals surface area (Å²) in [4.78, 5) is 0. The number of benzene rings is 2. The predicted molar refractivity (Wildman–Crippen MR) is 122 cm³/mol. The smallest absolute Gasteiger partial charge is 0.453 e. The van der Waals surface area contributed by atoms with E-state index >= 15 is 0 Å². The summed E-state index contributed by atoms with van der Waals surface area (Å²) in [6.45, 7) is 4.00. The normalized spacial score (nSPS) is 18.7. The van der Waals surface area contributed by atoms with Gasteiger partial charge in [-0.25, -0.2) is 0 Å². The van der Waals surface area contributed by atoms with Gasteiger partial charge in [0.05, 0.1) is 12.3 Å². The van der Waals surface area contributed by atoms with Gasteiger partial charge in [0.15, 0.2) is 0 Å². The van der Waals surface area contributed by atoms with Crippen LogP contribution in [0.1, 0.15) is 55.6 Å². The molecule has 0 unspecified atom stereocenters. The van der Waals surface area contributed by atoms with Gasteiger partial charge >= 0.3 is 6.18 Å². The lowest BCUT2D eigenvalue weighted by atomic mass is 9.92. The Labute approximate surface area is 196 Å². The number of nitrogens with zero attached hydrogens (tertiary/aromatic N) is 4. The molecule has 1 fully saturated rings. The van der Waals surface area contributed by atoms with E-state index in [-0.39, 0.29) is 17.8 Å². The molecule has 3 aromatic rings. The van der Waals surface area contributed by atoms with Crippen LogP contribution in [0.4, 0.5) is 13.2 Å². The molecule has 0 radical (unpaired) electrons. The highest BCUT2D eigenvalue weighted by molar-refractivity contribution is 5.44. The number of alkyl halides is 3. The van der Waals surface area contributed by atoms with Crippen molar-refractivity contribution in [2.45, 2.75) is 57.4 Å². The van der Waals surface area contributed by atoms with Crippen molar-refractivity contribution in [2.75, 3.05) is 13.2 Å². The molecule has 1 saturated heterocycles. The van der Waals surface area contributed by atoms with Crippen molar-refractivity contribution in [3.8, 4) is 11.4 Å². The second-order valence-electron chi connectivity index (χ2n) is 8.38. The van der Waals surface area contributed by atoms with E-state index in [4.69, 9.17) is 4.74 Å². The second kappa shape index (κ2) is 11.0. The summed E-state index contributed by atoms with van der Waals surface area (Å²) >= 11 is 0. The fourth-order valence-electron chi connectivity index (χ4n) is 4.20. The first-order chi connectivity index (χ1) is 16.5. The molecule has 10 heteroatoms. The maximum atomic E-state index is 13.3. The van der Waals surface area contributed by atoms with Crippen LogP contribution in [-0.2, 0) is 12.7 Å². The van der Waals surface area contributed by atoms with Crippen molar-refractivity contribution in [3.63, 3.8) is 0 Å². The average Bonchev–Trinajstić information content (AvgIpc) is 3.35. The molecular weight excluding hydrogens is 445 g/mol. The summed E-state index contributed by atoms with van der Waals surface area (Å²) < 4.78 is 46.7. The number of hydrogen-bond acceptors (Lipinski definition) is 6. The Hall–Kier alpha value is -2.98. The third-order valence-corrected chi connectivity index (χ3v) is 5.94. The molecular formula is C24H29F3N6O. The summed E-state index contributed by atoms with van der Waals surface area (Å²) in [5.74, 6) is -0.516. The van der Waals surface area contributed by atoms with E-state index in [0.717, 1.165) is 37.8 Å². The number of unbranched alkanes of at least 4 members (excludes halogenated alkanes) is 1. The highest BCUT2D eigenvalue weighted by Gasteiger charge is 2.38. The zero-order valence-electron chi connectivity index (χ0n) is 19.1. The van der Waals surface area contributed by atoms with Gasteiger partial charge in [-0.15, -0.1) is 5.10 Å². The van der Waals surface area contributed by atoms with Crippen LogP contribution in [0, 0.1) is 0 Å². The minimum Gasteiger partial charge on any atom is -0.493 e. The molecule has 182 valence electrons. The maximum absolute atomic E-state index is 13.3. The first kappa shape index (κ1) is 24.2. The van der Waals surface area contributed by atoms with Crippen LogP contribution in [0.2, 0.25) is 0 Å². The van der Waals surface area contributed by atoms with Gasteiger partial charge in [0.1, 0.15) is 5.75 Å². The van der Waals surface area contributed by atoms with Crippen molar-refractivity contribution < 1.29 is 17.9 Å². The van der Waals surface area contributed by atoms with Crippen LogP contribution in [-0.4, -0.2) is 39.4 Å². The monoisotopic (exact) mass is 474 g/mol. The van der Waals surface area contributed by atoms with Gasteiger partial charge in [0.25, 0.3) is 5.82 Å². The van der Waals surface area contributed by atoms with Crippen molar-refractivity contribution in [1.29, 1.82) is 0 Å². The second-order valence-corrected chi connectivity index (χ2v) is 8.38. The SMILES string of the molecule is CCCCOc1ccc(-n2nnnc2C(F)(F)F)cc1CN[C@H]1CCCN[C@H]1c1ccccc1. The number of nitrogens with one attached hydrogen (secondary N) is 2. The predicted octanol–water partition coefficient (Wildman–Crippen LogP) is 4.44. The van der Waals surface area contributed by atoms with E-state index in [1.54, 1.807) is 18.2 Å². The first-order valence-corrected chi connectivity index (χ1v) is 11.6. The molecule has 2 atom stereocenters.